The van der Waals surface area contributed by atoms with E-state index in [4.69, 9.17) is 5.73 Å². The van der Waals surface area contributed by atoms with Gasteiger partial charge >= 0.3 is 5.97 Å². The Morgan fingerprint density at radius 3 is 2.21 bits per heavy atom. The van der Waals surface area contributed by atoms with Crippen LogP contribution in [0, 0.1) is 0 Å². The molecule has 0 saturated heterocycles. The van der Waals surface area contributed by atoms with E-state index in [1.165, 1.54) is 6.92 Å². The molecule has 1 aromatic heterocycles. The van der Waals surface area contributed by atoms with Crippen molar-refractivity contribution >= 4 is 46.4 Å². The van der Waals surface area contributed by atoms with E-state index in [2.05, 4.69) is 20.9 Å². The van der Waals surface area contributed by atoms with Crippen LogP contribution in [0.5, 0.6) is 0 Å². The number of carbonyl (C=O) groups excluding carboxylic acids is 3. The number of nitrogens with two attached hydrogens (primary N) is 1. The molecule has 1 heterocycles. The topological polar surface area (TPSA) is 166 Å². The molecule has 3 amide bonds. The van der Waals surface area contributed by atoms with Crippen LogP contribution in [0.15, 0.2) is 60.8 Å². The van der Waals surface area contributed by atoms with E-state index in [1.54, 1.807) is 18.0 Å². The smallest absolute Gasteiger partial charge is 0.325 e. The molecule has 10 nitrogen and oxygen atoms in total. The van der Waals surface area contributed by atoms with Crippen molar-refractivity contribution in [3.05, 3.63) is 71.9 Å². The first kappa shape index (κ1) is 29.7. The predicted octanol–water partition coefficient (Wildman–Crippen LogP) is 1.59. The van der Waals surface area contributed by atoms with Gasteiger partial charge in [-0.25, -0.2) is 0 Å². The fourth-order valence-corrected chi connectivity index (χ4v) is 4.58. The number of aromatic nitrogens is 1. The average Bonchev–Trinajstić information content (AvgIpc) is 3.33. The molecule has 208 valence electrons. The summed E-state index contributed by atoms with van der Waals surface area (Å²) in [5, 5.41) is 18.1. The Labute approximate surface area is 231 Å². The van der Waals surface area contributed by atoms with E-state index in [-0.39, 0.29) is 12.8 Å². The number of para-hydroxylation sites is 1. The molecule has 0 fully saturated rings. The second-order valence-corrected chi connectivity index (χ2v) is 10.3. The Balaban J connectivity index is 1.86. The highest BCUT2D eigenvalue weighted by Crippen LogP contribution is 2.19. The predicted molar refractivity (Wildman–Crippen MR) is 152 cm³/mol. The van der Waals surface area contributed by atoms with Crippen LogP contribution in [-0.2, 0) is 32.0 Å². The minimum absolute atomic E-state index is 0.131. The van der Waals surface area contributed by atoms with Gasteiger partial charge in [0, 0.05) is 29.9 Å². The summed E-state index contributed by atoms with van der Waals surface area (Å²) in [4.78, 5) is 54.1. The number of aromatic amines is 1. The van der Waals surface area contributed by atoms with Crippen molar-refractivity contribution < 1.29 is 24.3 Å². The van der Waals surface area contributed by atoms with Crippen LogP contribution < -0.4 is 21.7 Å². The van der Waals surface area contributed by atoms with Crippen LogP contribution in [0.3, 0.4) is 0 Å². The van der Waals surface area contributed by atoms with E-state index in [0.29, 0.717) is 12.2 Å². The molecule has 0 aliphatic rings. The summed E-state index contributed by atoms with van der Waals surface area (Å²) >= 11 is 1.57. The number of aliphatic carboxylic acids is 1. The number of carbonyl (C=O) groups is 4. The second kappa shape index (κ2) is 14.4. The van der Waals surface area contributed by atoms with Crippen molar-refractivity contribution in [2.45, 2.75) is 50.4 Å². The van der Waals surface area contributed by atoms with Gasteiger partial charge < -0.3 is 31.8 Å². The monoisotopic (exact) mass is 553 g/mol. The molecule has 0 saturated carbocycles. The van der Waals surface area contributed by atoms with E-state index in [9.17, 15) is 24.3 Å². The molecule has 0 radical (unpaired) electrons. The third-order valence-electron chi connectivity index (χ3n) is 6.35. The lowest BCUT2D eigenvalue weighted by Gasteiger charge is -2.25. The molecule has 3 rings (SSSR count). The van der Waals surface area contributed by atoms with Crippen LogP contribution in [0.2, 0.25) is 0 Å². The number of hydrogen-bond donors (Lipinski definition) is 6. The van der Waals surface area contributed by atoms with E-state index in [1.807, 2.05) is 60.9 Å². The number of nitrogens with one attached hydrogen (secondary N) is 4. The number of carboxylic acids is 1. The Kier molecular flexibility index (Phi) is 10.9. The molecule has 39 heavy (non-hydrogen) atoms. The number of amides is 3. The van der Waals surface area contributed by atoms with Gasteiger partial charge in [0.05, 0.1) is 6.04 Å². The molecule has 0 aliphatic carbocycles. The van der Waals surface area contributed by atoms with Crippen molar-refractivity contribution in [2.75, 3.05) is 12.0 Å². The summed E-state index contributed by atoms with van der Waals surface area (Å²) in [6, 6.07) is 12.6. The summed E-state index contributed by atoms with van der Waals surface area (Å²) in [5.41, 5.74) is 8.54. The maximum Gasteiger partial charge on any atom is 0.325 e. The van der Waals surface area contributed by atoms with Gasteiger partial charge in [0.1, 0.15) is 18.1 Å². The highest BCUT2D eigenvalue weighted by Gasteiger charge is 2.30. The molecule has 0 spiro atoms. The Bertz CT molecular complexity index is 1280. The molecule has 4 atom stereocenters. The maximum absolute atomic E-state index is 13.6. The lowest BCUT2D eigenvalue weighted by Crippen LogP contribution is -2.58. The summed E-state index contributed by atoms with van der Waals surface area (Å²) < 4.78 is 0. The van der Waals surface area contributed by atoms with Gasteiger partial charge in [-0.15, -0.1) is 0 Å². The zero-order valence-corrected chi connectivity index (χ0v) is 22.8. The zero-order valence-electron chi connectivity index (χ0n) is 22.0. The molecule has 0 aliphatic heterocycles. The van der Waals surface area contributed by atoms with Crippen molar-refractivity contribution in [3.8, 4) is 0 Å². The number of hydrogen-bond acceptors (Lipinski definition) is 6. The first-order valence-electron chi connectivity index (χ1n) is 12.7. The summed E-state index contributed by atoms with van der Waals surface area (Å²) in [6.07, 6.45) is 4.43. The maximum atomic E-state index is 13.6. The van der Waals surface area contributed by atoms with Crippen LogP contribution >= 0.6 is 11.8 Å². The normalized spacial score (nSPS) is 14.1. The lowest BCUT2D eigenvalue weighted by atomic mass is 10.0. The highest BCUT2D eigenvalue weighted by atomic mass is 32.2. The SMILES string of the molecule is CSCCC(N)C(=O)NC(Cc1c[nH]c2ccccc12)C(=O)NC(Cc1ccccc1)C(=O)NC(C)C(=O)O. The number of thioether (sulfide) groups is 1. The van der Waals surface area contributed by atoms with E-state index < -0.39 is 47.9 Å². The standard InChI is InChI=1S/C28H35N5O5S/c1-17(28(37)38)31-26(35)23(14-18-8-4-3-5-9-18)33-27(36)24(32-25(34)21(29)12-13-39-2)15-19-16-30-22-11-7-6-10-20(19)22/h3-11,16-17,21,23-24,30H,12-15,29H2,1-2H3,(H,31,35)(H,32,34)(H,33,36)(H,37,38). The van der Waals surface area contributed by atoms with Crippen LogP contribution in [0.25, 0.3) is 10.9 Å². The largest absolute Gasteiger partial charge is 0.480 e. The van der Waals surface area contributed by atoms with Gasteiger partial charge in [-0.05, 0) is 42.5 Å². The molecule has 7 N–H and O–H groups in total. The highest BCUT2D eigenvalue weighted by molar-refractivity contribution is 7.98. The molecular formula is C28H35N5O5S. The Morgan fingerprint density at radius 2 is 1.51 bits per heavy atom. The quantitative estimate of drug-likeness (QED) is 0.176. The van der Waals surface area contributed by atoms with Gasteiger partial charge in [0.2, 0.25) is 17.7 Å². The van der Waals surface area contributed by atoms with E-state index in [0.717, 1.165) is 22.0 Å². The van der Waals surface area contributed by atoms with Crippen molar-refractivity contribution in [1.29, 1.82) is 0 Å². The summed E-state index contributed by atoms with van der Waals surface area (Å²) in [5.74, 6) is -2.19. The third-order valence-corrected chi connectivity index (χ3v) is 6.99. The third kappa shape index (κ3) is 8.59. The first-order chi connectivity index (χ1) is 18.7. The number of benzene rings is 2. The van der Waals surface area contributed by atoms with Crippen LogP contribution in [0.1, 0.15) is 24.5 Å². The summed E-state index contributed by atoms with van der Waals surface area (Å²) in [7, 11) is 0. The average molecular weight is 554 g/mol. The van der Waals surface area contributed by atoms with Crippen molar-refractivity contribution in [2.24, 2.45) is 5.73 Å². The van der Waals surface area contributed by atoms with Gasteiger partial charge in [-0.1, -0.05) is 48.5 Å². The number of carboxylic acid groups (broad SMARTS) is 1. The van der Waals surface area contributed by atoms with Gasteiger partial charge in [0.25, 0.3) is 0 Å². The lowest BCUT2D eigenvalue weighted by molar-refractivity contribution is -0.141. The van der Waals surface area contributed by atoms with Crippen LogP contribution in [0.4, 0.5) is 0 Å². The minimum atomic E-state index is -1.20. The molecular weight excluding hydrogens is 518 g/mol. The molecule has 2 aromatic carbocycles. The Morgan fingerprint density at radius 1 is 0.897 bits per heavy atom. The summed E-state index contributed by atoms with van der Waals surface area (Å²) in [6.45, 7) is 1.34. The number of rotatable bonds is 14. The molecule has 11 heteroatoms. The van der Waals surface area contributed by atoms with E-state index >= 15 is 0 Å². The molecule has 0 bridgehead atoms. The van der Waals surface area contributed by atoms with Crippen molar-refractivity contribution in [1.82, 2.24) is 20.9 Å². The van der Waals surface area contributed by atoms with Crippen LogP contribution in [-0.4, -0.2) is 70.0 Å². The number of H-pyrrole nitrogens is 1. The second-order valence-electron chi connectivity index (χ2n) is 9.33. The van der Waals surface area contributed by atoms with Crippen molar-refractivity contribution in [3.63, 3.8) is 0 Å². The first-order valence-corrected chi connectivity index (χ1v) is 14.1. The minimum Gasteiger partial charge on any atom is -0.480 e. The van der Waals surface area contributed by atoms with Gasteiger partial charge in [0.15, 0.2) is 0 Å². The fraction of sp³-hybridized carbons (Fsp3) is 0.357. The van der Waals surface area contributed by atoms with Gasteiger partial charge in [-0.3, -0.25) is 19.2 Å². The number of fused-ring (bicyclic) bond motifs is 1. The molecule has 4 unspecified atom stereocenters. The molecule has 3 aromatic rings. The Hall–Kier alpha value is -3.83. The fourth-order valence-electron chi connectivity index (χ4n) is 4.09. The zero-order chi connectivity index (χ0) is 28.4. The van der Waals surface area contributed by atoms with Gasteiger partial charge in [-0.2, -0.15) is 11.8 Å².